The second kappa shape index (κ2) is 11.6. The van der Waals surface area contributed by atoms with E-state index in [0.29, 0.717) is 38.5 Å². The summed E-state index contributed by atoms with van der Waals surface area (Å²) >= 11 is 19.7. The highest BCUT2D eigenvalue weighted by Gasteiger charge is 2.21. The van der Waals surface area contributed by atoms with Gasteiger partial charge in [0.15, 0.2) is 0 Å². The monoisotopic (exact) mass is 408 g/mol. The Morgan fingerprint density at radius 3 is 1.21 bits per heavy atom. The SMILES string of the molecule is NC(=S)C(CCCC(CCCC(C(N)=S)C(N)=S)C(=O)O)C(N)=S. The molecule has 0 unspecified atom stereocenters. The van der Waals surface area contributed by atoms with Crippen molar-refractivity contribution in [2.24, 2.45) is 40.7 Å². The summed E-state index contributed by atoms with van der Waals surface area (Å²) in [5.41, 5.74) is 22.3. The second-order valence-electron chi connectivity index (χ2n) is 5.61. The van der Waals surface area contributed by atoms with E-state index < -0.39 is 11.9 Å². The van der Waals surface area contributed by atoms with Crippen LogP contribution in [0.5, 0.6) is 0 Å². The minimum atomic E-state index is -0.848. The molecule has 24 heavy (non-hydrogen) atoms. The van der Waals surface area contributed by atoms with Gasteiger partial charge in [0, 0.05) is 0 Å². The maximum atomic E-state index is 11.4. The Bertz CT molecular complexity index is 447. The highest BCUT2D eigenvalue weighted by molar-refractivity contribution is 7.82. The Morgan fingerprint density at radius 1 is 0.708 bits per heavy atom. The number of carboxylic acid groups (broad SMARTS) is 1. The first-order valence-electron chi connectivity index (χ1n) is 7.48. The fourth-order valence-corrected chi connectivity index (χ4v) is 3.51. The lowest BCUT2D eigenvalue weighted by Crippen LogP contribution is -2.33. The molecular weight excluding hydrogens is 384 g/mol. The van der Waals surface area contributed by atoms with Crippen LogP contribution >= 0.6 is 48.9 Å². The van der Waals surface area contributed by atoms with Gasteiger partial charge in [-0.05, 0) is 25.7 Å². The van der Waals surface area contributed by atoms with Crippen molar-refractivity contribution in [3.8, 4) is 0 Å². The van der Waals surface area contributed by atoms with E-state index in [-0.39, 0.29) is 31.8 Å². The van der Waals surface area contributed by atoms with Crippen LogP contribution in [0.3, 0.4) is 0 Å². The highest BCUT2D eigenvalue weighted by atomic mass is 32.1. The van der Waals surface area contributed by atoms with Crippen molar-refractivity contribution in [3.05, 3.63) is 0 Å². The van der Waals surface area contributed by atoms with Crippen molar-refractivity contribution in [1.29, 1.82) is 0 Å². The summed E-state index contributed by atoms with van der Waals surface area (Å²) < 4.78 is 0. The van der Waals surface area contributed by atoms with Gasteiger partial charge in [-0.2, -0.15) is 0 Å². The molecule has 9 N–H and O–H groups in total. The van der Waals surface area contributed by atoms with Crippen LogP contribution in [-0.4, -0.2) is 31.0 Å². The van der Waals surface area contributed by atoms with E-state index >= 15 is 0 Å². The lowest BCUT2D eigenvalue weighted by atomic mass is 9.91. The Kier molecular flexibility index (Phi) is 11.1. The highest BCUT2D eigenvalue weighted by Crippen LogP contribution is 2.21. The number of aliphatic carboxylic acids is 1. The van der Waals surface area contributed by atoms with Crippen LogP contribution in [0.1, 0.15) is 38.5 Å². The summed E-state index contributed by atoms with van der Waals surface area (Å²) in [5.74, 6) is -2.00. The molecule has 136 valence electrons. The van der Waals surface area contributed by atoms with Crippen molar-refractivity contribution in [2.45, 2.75) is 38.5 Å². The average Bonchev–Trinajstić information content (AvgIpc) is 2.43. The van der Waals surface area contributed by atoms with E-state index in [4.69, 9.17) is 71.8 Å². The molecule has 6 nitrogen and oxygen atoms in total. The molecule has 0 saturated heterocycles. The number of thiocarbonyl (C=S) groups is 4. The van der Waals surface area contributed by atoms with Gasteiger partial charge in [-0.1, -0.05) is 61.7 Å². The van der Waals surface area contributed by atoms with Crippen LogP contribution in [0.15, 0.2) is 0 Å². The zero-order valence-corrected chi connectivity index (χ0v) is 16.5. The van der Waals surface area contributed by atoms with E-state index in [1.807, 2.05) is 0 Å². The number of carboxylic acids is 1. The summed E-state index contributed by atoms with van der Waals surface area (Å²) in [4.78, 5) is 12.3. The molecule has 0 fully saturated rings. The summed E-state index contributed by atoms with van der Waals surface area (Å²) in [6.45, 7) is 0. The first-order chi connectivity index (χ1) is 11.1. The lowest BCUT2D eigenvalue weighted by Gasteiger charge is -2.17. The first-order valence-corrected chi connectivity index (χ1v) is 9.11. The average molecular weight is 409 g/mol. The Morgan fingerprint density at radius 2 is 1.00 bits per heavy atom. The van der Waals surface area contributed by atoms with Gasteiger partial charge in [-0.25, -0.2) is 0 Å². The van der Waals surface area contributed by atoms with Gasteiger partial charge in [0.25, 0.3) is 0 Å². The fourth-order valence-electron chi connectivity index (χ4n) is 2.38. The third-order valence-electron chi connectivity index (χ3n) is 3.81. The lowest BCUT2D eigenvalue weighted by molar-refractivity contribution is -0.142. The van der Waals surface area contributed by atoms with E-state index in [9.17, 15) is 9.90 Å². The number of nitrogens with two attached hydrogens (primary N) is 4. The molecule has 0 atom stereocenters. The Hall–Kier alpha value is -0.970. The predicted octanol–water partition coefficient (Wildman–Crippen LogP) is 1.40. The summed E-state index contributed by atoms with van der Waals surface area (Å²) in [5, 5.41) is 9.34. The maximum Gasteiger partial charge on any atom is 0.306 e. The molecule has 0 spiro atoms. The first kappa shape index (κ1) is 23.0. The molecule has 0 amide bonds. The number of hydrogen-bond acceptors (Lipinski definition) is 5. The van der Waals surface area contributed by atoms with Crippen molar-refractivity contribution in [2.75, 3.05) is 0 Å². The molecule has 0 radical (unpaired) electrons. The van der Waals surface area contributed by atoms with Gasteiger partial charge in [0.2, 0.25) is 0 Å². The molecule has 0 bridgehead atoms. The molecule has 0 aliphatic heterocycles. The van der Waals surface area contributed by atoms with Crippen molar-refractivity contribution in [1.82, 2.24) is 0 Å². The van der Waals surface area contributed by atoms with Gasteiger partial charge < -0.3 is 28.0 Å². The Labute approximate surface area is 163 Å². The third kappa shape index (κ3) is 8.76. The zero-order chi connectivity index (χ0) is 18.9. The van der Waals surface area contributed by atoms with Gasteiger partial charge >= 0.3 is 5.97 Å². The summed E-state index contributed by atoms with van der Waals surface area (Å²) in [6, 6.07) is 0. The minimum absolute atomic E-state index is 0.241. The van der Waals surface area contributed by atoms with E-state index in [1.54, 1.807) is 0 Å². The van der Waals surface area contributed by atoms with Crippen molar-refractivity contribution >= 4 is 74.8 Å². The quantitative estimate of drug-likeness (QED) is 0.284. The van der Waals surface area contributed by atoms with Crippen molar-refractivity contribution in [3.63, 3.8) is 0 Å². The largest absolute Gasteiger partial charge is 0.481 e. The molecule has 0 aliphatic rings. The number of hydrogen-bond donors (Lipinski definition) is 5. The van der Waals surface area contributed by atoms with Gasteiger partial charge in [0.05, 0.1) is 37.7 Å². The normalized spacial score (nSPS) is 11.0. The smallest absolute Gasteiger partial charge is 0.306 e. The maximum absolute atomic E-state index is 11.4. The minimum Gasteiger partial charge on any atom is -0.481 e. The van der Waals surface area contributed by atoms with Crippen molar-refractivity contribution < 1.29 is 9.90 Å². The third-order valence-corrected chi connectivity index (χ3v) is 4.95. The summed E-state index contributed by atoms with van der Waals surface area (Å²) in [6.07, 6.45) is 3.31. The molecule has 0 aromatic heterocycles. The molecule has 0 aromatic carbocycles. The van der Waals surface area contributed by atoms with Gasteiger partial charge in [-0.15, -0.1) is 0 Å². The second-order valence-corrected chi connectivity index (χ2v) is 7.50. The molecule has 0 aliphatic carbocycles. The van der Waals surface area contributed by atoms with Crippen LogP contribution in [0.25, 0.3) is 0 Å². The molecular formula is C14H24N4O2S4. The van der Waals surface area contributed by atoms with Crippen LogP contribution < -0.4 is 22.9 Å². The topological polar surface area (TPSA) is 141 Å². The number of carbonyl (C=O) groups is 1. The standard InChI is InChI=1S/C14H24N4O2S4/c15-10(21)8(11(16)22)5-1-3-7(14(19)20)4-2-6-9(12(17)23)13(18)24/h7-9H,1-6H2,(H2,15,21)(H2,16,22)(H2,17,23)(H2,18,24)(H,19,20). The van der Waals surface area contributed by atoms with E-state index in [0.717, 1.165) is 0 Å². The van der Waals surface area contributed by atoms with Gasteiger partial charge in [-0.3, -0.25) is 4.79 Å². The number of rotatable bonds is 13. The van der Waals surface area contributed by atoms with Crippen LogP contribution in [0, 0.1) is 17.8 Å². The molecule has 10 heteroatoms. The van der Waals surface area contributed by atoms with Crippen LogP contribution in [0.2, 0.25) is 0 Å². The Balaban J connectivity index is 4.44. The molecule has 0 aromatic rings. The molecule has 0 heterocycles. The fraction of sp³-hybridized carbons (Fsp3) is 0.643. The molecule has 0 saturated carbocycles. The molecule has 0 rings (SSSR count). The van der Waals surface area contributed by atoms with Crippen LogP contribution in [-0.2, 0) is 4.79 Å². The van der Waals surface area contributed by atoms with Gasteiger partial charge in [0.1, 0.15) is 0 Å². The van der Waals surface area contributed by atoms with E-state index in [1.165, 1.54) is 0 Å². The zero-order valence-electron chi connectivity index (χ0n) is 13.3. The van der Waals surface area contributed by atoms with Crippen LogP contribution in [0.4, 0.5) is 0 Å². The summed E-state index contributed by atoms with van der Waals surface area (Å²) in [7, 11) is 0. The predicted molar refractivity (Wildman–Crippen MR) is 113 cm³/mol. The van der Waals surface area contributed by atoms with E-state index in [2.05, 4.69) is 0 Å².